The molecule has 0 saturated carbocycles. The van der Waals surface area contributed by atoms with Gasteiger partial charge in [0.2, 0.25) is 0 Å². The van der Waals surface area contributed by atoms with Crippen LogP contribution in [0.5, 0.6) is 0 Å². The van der Waals surface area contributed by atoms with Crippen molar-refractivity contribution in [3.05, 3.63) is 41.5 Å². The number of allylic oxidation sites excluding steroid dienone is 4. The summed E-state index contributed by atoms with van der Waals surface area (Å²) in [7, 11) is 0. The van der Waals surface area contributed by atoms with E-state index in [1.165, 1.54) is 0 Å². The van der Waals surface area contributed by atoms with Crippen LogP contribution in [0.25, 0.3) is 17.2 Å². The molecule has 0 aromatic heterocycles. The molecule has 99 valence electrons. The largest absolute Gasteiger partial charge is 4.00 e. The van der Waals surface area contributed by atoms with Gasteiger partial charge in [-0.2, -0.15) is 25.7 Å². The second-order valence-corrected chi connectivity index (χ2v) is 2.06. The van der Waals surface area contributed by atoms with E-state index in [2.05, 4.69) is 12.2 Å². The molecule has 0 bridgehead atoms. The molecule has 0 aromatic carbocycles. The van der Waals surface area contributed by atoms with Crippen LogP contribution in [0.15, 0.2) is 18.2 Å². The van der Waals surface area contributed by atoms with E-state index < -0.39 is 0 Å². The Kier molecular flexibility index (Phi) is 97.9. The molecule has 0 heterocycles. The van der Waals surface area contributed by atoms with Gasteiger partial charge in [0.05, 0.1) is 0 Å². The Morgan fingerprint density at radius 1 is 1.06 bits per heavy atom. The van der Waals surface area contributed by atoms with Gasteiger partial charge in [-0.3, -0.25) is 6.08 Å². The van der Waals surface area contributed by atoms with E-state index in [0.29, 0.717) is 19.6 Å². The minimum atomic E-state index is -0.125. The Balaban J connectivity index is -0.0000000365. The maximum absolute atomic E-state index is 9.62. The van der Waals surface area contributed by atoms with Crippen LogP contribution in [0.4, 0.5) is 3.50 Å². The third-order valence-electron chi connectivity index (χ3n) is 0.586. The fourth-order valence-electron chi connectivity index (χ4n) is 0.340. The first-order valence-corrected chi connectivity index (χ1v) is 6.29. The van der Waals surface area contributed by atoms with Crippen molar-refractivity contribution in [2.24, 2.45) is 0 Å². The van der Waals surface area contributed by atoms with E-state index in [0.717, 1.165) is 6.42 Å². The van der Waals surface area contributed by atoms with Gasteiger partial charge in [-0.25, -0.2) is 12.2 Å². The van der Waals surface area contributed by atoms with Crippen molar-refractivity contribution in [2.75, 3.05) is 19.6 Å². The van der Waals surface area contributed by atoms with Crippen LogP contribution in [0.1, 0.15) is 27.2 Å². The van der Waals surface area contributed by atoms with Crippen molar-refractivity contribution in [1.29, 1.82) is 0 Å². The number of halogens is 1. The predicted octanol–water partition coefficient (Wildman–Crippen LogP) is 3.98. The molecular formula is C11H25FGeN3Zr. The maximum Gasteiger partial charge on any atom is 4.00 e. The van der Waals surface area contributed by atoms with E-state index in [4.69, 9.17) is 17.2 Å². The molecule has 0 aliphatic heterocycles. The second-order valence-electron chi connectivity index (χ2n) is 2.06. The van der Waals surface area contributed by atoms with Crippen molar-refractivity contribution in [3.63, 3.8) is 0 Å². The van der Waals surface area contributed by atoms with Crippen LogP contribution in [0.3, 0.4) is 0 Å². The van der Waals surface area contributed by atoms with Gasteiger partial charge >= 0.3 is 46.7 Å². The number of hydrogen-bond acceptors (Lipinski definition) is 0. The number of rotatable bonds is 0. The molecule has 0 unspecified atom stereocenters. The Bertz CT molecular complexity index is 111. The zero-order chi connectivity index (χ0) is 13.7. The van der Waals surface area contributed by atoms with E-state index in [1.54, 1.807) is 20.8 Å². The van der Waals surface area contributed by atoms with Crippen LogP contribution in [-0.2, 0) is 26.2 Å². The Hall–Kier alpha value is 0.716. The average Bonchev–Trinajstić information content (AvgIpc) is 2.81. The Morgan fingerprint density at radius 3 is 1.41 bits per heavy atom. The minimum absolute atomic E-state index is 0. The van der Waals surface area contributed by atoms with Gasteiger partial charge in [0.1, 0.15) is 0 Å². The van der Waals surface area contributed by atoms with Gasteiger partial charge in [0.15, 0.2) is 0 Å². The molecule has 1 radical (unpaired) electrons. The summed E-state index contributed by atoms with van der Waals surface area (Å²) in [4.78, 5) is 0. The summed E-state index contributed by atoms with van der Waals surface area (Å²) in [5.74, 6) is 0. The first-order chi connectivity index (χ1) is 7.74. The van der Waals surface area contributed by atoms with Crippen molar-refractivity contribution in [1.82, 2.24) is 0 Å². The zero-order valence-corrected chi connectivity index (χ0v) is 16.6. The molecule has 1 aliphatic carbocycles. The normalized spacial score (nSPS) is 8.71. The number of nitrogens with one attached hydrogen (secondary N) is 3. The molecule has 6 heteroatoms. The Labute approximate surface area is 134 Å². The summed E-state index contributed by atoms with van der Waals surface area (Å²) in [6.07, 6.45) is 10.0. The first kappa shape index (κ1) is 30.6. The molecule has 3 nitrogen and oxygen atoms in total. The molecule has 0 fully saturated rings. The smallest absolute Gasteiger partial charge is 4.00 e. The van der Waals surface area contributed by atoms with Crippen LogP contribution >= 0.6 is 0 Å². The molecule has 3 N–H and O–H groups in total. The summed E-state index contributed by atoms with van der Waals surface area (Å²) >= 11 is -0.125. The first-order valence-electron chi connectivity index (χ1n) is 5.17. The van der Waals surface area contributed by atoms with E-state index >= 15 is 0 Å². The average molecular weight is 382 g/mol. The number of hydrogen-bond donors (Lipinski definition) is 0. The summed E-state index contributed by atoms with van der Waals surface area (Å²) < 4.78 is 9.62. The van der Waals surface area contributed by atoms with Gasteiger partial charge in [0.25, 0.3) is 0 Å². The Morgan fingerprint density at radius 2 is 1.35 bits per heavy atom. The third kappa shape index (κ3) is 111. The van der Waals surface area contributed by atoms with Crippen molar-refractivity contribution in [3.8, 4) is 0 Å². The monoisotopic (exact) mass is 382 g/mol. The van der Waals surface area contributed by atoms with Gasteiger partial charge in [-0.15, -0.1) is 6.42 Å². The summed E-state index contributed by atoms with van der Waals surface area (Å²) in [6.45, 7) is 6.88. The second kappa shape index (κ2) is 54.3. The molecular weight excluding hydrogens is 357 g/mol. The van der Waals surface area contributed by atoms with E-state index in [1.807, 2.05) is 12.2 Å². The van der Waals surface area contributed by atoms with Gasteiger partial charge in [-0.1, -0.05) is 20.8 Å². The SMILES string of the molecule is CC[NH-].CC[NH-].CC[NH-].[C-]1=CC=CC1.[F][GeH2].[Zr+4]. The summed E-state index contributed by atoms with van der Waals surface area (Å²) in [5, 5.41) is 0. The van der Waals surface area contributed by atoms with Crippen molar-refractivity contribution in [2.45, 2.75) is 27.2 Å². The third-order valence-corrected chi connectivity index (χ3v) is 0.586. The molecule has 0 spiro atoms. The van der Waals surface area contributed by atoms with Gasteiger partial charge in [-0.05, 0) is 0 Å². The van der Waals surface area contributed by atoms with Crippen LogP contribution < -0.4 is 0 Å². The molecule has 0 saturated heterocycles. The molecule has 1 rings (SSSR count). The van der Waals surface area contributed by atoms with E-state index in [-0.39, 0.29) is 43.2 Å². The maximum atomic E-state index is 9.62. The fraction of sp³-hybridized carbons (Fsp3) is 0.636. The van der Waals surface area contributed by atoms with Crippen LogP contribution in [0, 0.1) is 6.08 Å². The van der Waals surface area contributed by atoms with Crippen molar-refractivity contribution >= 4 is 17.0 Å². The topological polar surface area (TPSA) is 71.4 Å². The van der Waals surface area contributed by atoms with Crippen molar-refractivity contribution < 1.29 is 29.7 Å². The molecule has 1 aliphatic rings. The van der Waals surface area contributed by atoms with Gasteiger partial charge < -0.3 is 17.2 Å². The standard InChI is InChI=1S/C5H5.3C2H6N.FGeH2.Zr/c1-2-4-5-3-1;3*1-2-3;1-2;/h1-3H,4H2;3*3H,2H2,1H3;2H2;/q4*-1;;+4. The van der Waals surface area contributed by atoms with E-state index in [9.17, 15) is 3.50 Å². The molecule has 17 heavy (non-hydrogen) atoms. The zero-order valence-electron chi connectivity index (χ0n) is 11.1. The molecule has 0 atom stereocenters. The summed E-state index contributed by atoms with van der Waals surface area (Å²) in [6, 6.07) is 0. The predicted molar refractivity (Wildman–Crippen MR) is 75.8 cm³/mol. The quantitative estimate of drug-likeness (QED) is 0.449. The fourth-order valence-corrected chi connectivity index (χ4v) is 0.340. The summed E-state index contributed by atoms with van der Waals surface area (Å²) in [5.41, 5.74) is 18.6. The van der Waals surface area contributed by atoms with Crippen LogP contribution in [-0.4, -0.2) is 36.6 Å². The molecule has 0 amide bonds. The van der Waals surface area contributed by atoms with Crippen LogP contribution in [0.2, 0.25) is 0 Å². The van der Waals surface area contributed by atoms with Gasteiger partial charge in [0, 0.05) is 0 Å². The molecule has 0 aromatic rings. The minimum Gasteiger partial charge on any atom is 4.00 e.